The molecule has 0 bridgehead atoms. The van der Waals surface area contributed by atoms with Crippen LogP contribution in [0.15, 0.2) is 18.3 Å². The van der Waals surface area contributed by atoms with Gasteiger partial charge in [-0.25, -0.2) is 9.50 Å². The SMILES string of the molecule is COC(=O)C1(Cc2ccc3nc([C@@H](N)[C@H]4CC[C@H](C)CC4)cn3n2)C[C@@H](C(F)(F)F)NC1=O. The topological polar surface area (TPSA) is 112 Å². The van der Waals surface area contributed by atoms with Gasteiger partial charge in [-0.1, -0.05) is 19.8 Å². The number of rotatable bonds is 5. The van der Waals surface area contributed by atoms with Crippen molar-refractivity contribution >= 4 is 17.5 Å². The molecule has 0 aromatic carbocycles. The number of nitrogens with two attached hydrogens (primary N) is 1. The van der Waals surface area contributed by atoms with Gasteiger partial charge in [0.25, 0.3) is 0 Å². The summed E-state index contributed by atoms with van der Waals surface area (Å²) in [6.07, 6.45) is 0.290. The molecule has 1 saturated heterocycles. The van der Waals surface area contributed by atoms with E-state index in [0.29, 0.717) is 23.2 Å². The monoisotopic (exact) mass is 467 g/mol. The van der Waals surface area contributed by atoms with Gasteiger partial charge in [-0.3, -0.25) is 9.59 Å². The van der Waals surface area contributed by atoms with Gasteiger partial charge in [0.1, 0.15) is 6.04 Å². The number of fused-ring (bicyclic) bond motifs is 1. The maximum Gasteiger partial charge on any atom is 0.408 e. The predicted molar refractivity (Wildman–Crippen MR) is 112 cm³/mol. The van der Waals surface area contributed by atoms with Crippen LogP contribution in [-0.2, 0) is 20.7 Å². The number of hydrogen-bond donors (Lipinski definition) is 2. The Morgan fingerprint density at radius 1 is 1.33 bits per heavy atom. The van der Waals surface area contributed by atoms with Crippen LogP contribution < -0.4 is 11.1 Å². The van der Waals surface area contributed by atoms with E-state index in [2.05, 4.69) is 17.0 Å². The van der Waals surface area contributed by atoms with Crippen LogP contribution in [-0.4, -0.2) is 45.8 Å². The second kappa shape index (κ2) is 8.58. The average Bonchev–Trinajstić information content (AvgIpc) is 3.34. The molecule has 0 spiro atoms. The summed E-state index contributed by atoms with van der Waals surface area (Å²) in [5, 5.41) is 6.30. The third-order valence-electron chi connectivity index (χ3n) is 7.05. The number of amides is 1. The highest BCUT2D eigenvalue weighted by Crippen LogP contribution is 2.40. The molecule has 1 unspecified atom stereocenters. The van der Waals surface area contributed by atoms with E-state index in [0.717, 1.165) is 32.8 Å². The van der Waals surface area contributed by atoms with Gasteiger partial charge in [0, 0.05) is 12.8 Å². The number of esters is 1. The molecule has 2 aliphatic rings. The minimum absolute atomic E-state index is 0.239. The van der Waals surface area contributed by atoms with Crippen molar-refractivity contribution in [1.82, 2.24) is 19.9 Å². The van der Waals surface area contributed by atoms with E-state index in [1.165, 1.54) is 4.52 Å². The van der Waals surface area contributed by atoms with Gasteiger partial charge in [-0.2, -0.15) is 18.3 Å². The van der Waals surface area contributed by atoms with Gasteiger partial charge in [0.15, 0.2) is 11.1 Å². The molecule has 11 heteroatoms. The quantitative estimate of drug-likeness (QED) is 0.517. The number of imidazole rings is 1. The van der Waals surface area contributed by atoms with Crippen molar-refractivity contribution in [2.75, 3.05) is 7.11 Å². The Labute approximate surface area is 189 Å². The van der Waals surface area contributed by atoms with Crippen molar-refractivity contribution in [2.24, 2.45) is 23.0 Å². The van der Waals surface area contributed by atoms with Gasteiger partial charge in [0.05, 0.1) is 30.7 Å². The Bertz CT molecular complexity index is 1050. The zero-order valence-corrected chi connectivity index (χ0v) is 18.6. The fourth-order valence-corrected chi connectivity index (χ4v) is 4.97. The van der Waals surface area contributed by atoms with E-state index >= 15 is 0 Å². The van der Waals surface area contributed by atoms with E-state index in [-0.39, 0.29) is 18.2 Å². The molecule has 8 nitrogen and oxygen atoms in total. The summed E-state index contributed by atoms with van der Waals surface area (Å²) in [6, 6.07) is 0.848. The van der Waals surface area contributed by atoms with Crippen LogP contribution in [0.3, 0.4) is 0 Å². The van der Waals surface area contributed by atoms with Gasteiger partial charge in [-0.15, -0.1) is 0 Å². The molecule has 1 aliphatic carbocycles. The molecule has 4 rings (SSSR count). The summed E-state index contributed by atoms with van der Waals surface area (Å²) < 4.78 is 45.9. The molecule has 1 amide bonds. The Hall–Kier alpha value is -2.69. The van der Waals surface area contributed by atoms with Crippen LogP contribution in [0, 0.1) is 17.3 Å². The number of carbonyl (C=O) groups excluding carboxylic acids is 2. The number of nitrogens with one attached hydrogen (secondary N) is 1. The van der Waals surface area contributed by atoms with Gasteiger partial charge < -0.3 is 15.8 Å². The van der Waals surface area contributed by atoms with E-state index < -0.39 is 35.9 Å². The number of nitrogens with zero attached hydrogens (tertiary/aromatic N) is 3. The Morgan fingerprint density at radius 2 is 2.03 bits per heavy atom. The first kappa shape index (κ1) is 23.5. The van der Waals surface area contributed by atoms with Crippen LogP contribution in [0.25, 0.3) is 5.65 Å². The lowest BCUT2D eigenvalue weighted by Gasteiger charge is -2.29. The zero-order valence-electron chi connectivity index (χ0n) is 18.6. The smallest absolute Gasteiger partial charge is 0.408 e. The lowest BCUT2D eigenvalue weighted by molar-refractivity contribution is -0.160. The van der Waals surface area contributed by atoms with Gasteiger partial charge in [0.2, 0.25) is 5.91 Å². The maximum atomic E-state index is 13.2. The van der Waals surface area contributed by atoms with E-state index in [1.807, 2.05) is 5.32 Å². The summed E-state index contributed by atoms with van der Waals surface area (Å²) in [5.41, 5.74) is 5.97. The molecule has 2 fully saturated rings. The van der Waals surface area contributed by atoms with Crippen LogP contribution in [0.1, 0.15) is 56.5 Å². The average molecular weight is 467 g/mol. The van der Waals surface area contributed by atoms with Crippen molar-refractivity contribution in [3.05, 3.63) is 29.7 Å². The van der Waals surface area contributed by atoms with Crippen molar-refractivity contribution in [2.45, 2.75) is 63.7 Å². The van der Waals surface area contributed by atoms with Crippen LogP contribution in [0.4, 0.5) is 13.2 Å². The molecule has 2 aromatic heterocycles. The normalized spacial score (nSPS) is 29.2. The third-order valence-corrected chi connectivity index (χ3v) is 7.05. The molecular weight excluding hydrogens is 439 g/mol. The van der Waals surface area contributed by atoms with Crippen molar-refractivity contribution in [1.29, 1.82) is 0 Å². The second-order valence-electron chi connectivity index (χ2n) is 9.36. The van der Waals surface area contributed by atoms with Crippen molar-refractivity contribution < 1.29 is 27.5 Å². The predicted octanol–water partition coefficient (Wildman–Crippen LogP) is 2.71. The molecule has 33 heavy (non-hydrogen) atoms. The van der Waals surface area contributed by atoms with E-state index in [9.17, 15) is 22.8 Å². The summed E-state index contributed by atoms with van der Waals surface area (Å²) in [6.45, 7) is 2.24. The fourth-order valence-electron chi connectivity index (χ4n) is 4.97. The fraction of sp³-hybridized carbons (Fsp3) is 0.636. The molecule has 3 heterocycles. The van der Waals surface area contributed by atoms with Crippen LogP contribution >= 0.6 is 0 Å². The first-order valence-corrected chi connectivity index (χ1v) is 11.1. The Morgan fingerprint density at radius 3 is 2.64 bits per heavy atom. The summed E-state index contributed by atoms with van der Waals surface area (Å²) in [7, 11) is 1.05. The maximum absolute atomic E-state index is 13.2. The number of methoxy groups -OCH3 is 1. The standard InChI is InChI=1S/C22H28F3N5O3/c1-12-3-5-13(6-4-12)18(26)15-11-30-17(27-15)8-7-14(29-30)9-21(20(32)33-2)10-16(22(23,24)25)28-19(21)31/h7-8,11-13,16,18H,3-6,9-10,26H2,1-2H3,(H,28,31)/t12-,13-,16-,18-,21?/m0/s1. The minimum Gasteiger partial charge on any atom is -0.468 e. The molecule has 1 saturated carbocycles. The highest BCUT2D eigenvalue weighted by atomic mass is 19.4. The molecule has 1 aliphatic heterocycles. The van der Waals surface area contributed by atoms with Gasteiger partial charge in [-0.05, 0) is 36.8 Å². The lowest BCUT2D eigenvalue weighted by atomic mass is 9.79. The van der Waals surface area contributed by atoms with Crippen molar-refractivity contribution in [3.8, 4) is 0 Å². The Balaban J connectivity index is 1.59. The summed E-state index contributed by atoms with van der Waals surface area (Å²) in [5.74, 6) is -1.01. The summed E-state index contributed by atoms with van der Waals surface area (Å²) >= 11 is 0. The number of aromatic nitrogens is 3. The first-order valence-electron chi connectivity index (χ1n) is 11.1. The second-order valence-corrected chi connectivity index (χ2v) is 9.36. The molecular formula is C22H28F3N5O3. The Kier molecular flexibility index (Phi) is 6.10. The number of alkyl halides is 3. The highest BCUT2D eigenvalue weighted by molar-refractivity contribution is 6.04. The zero-order chi connectivity index (χ0) is 24.0. The van der Waals surface area contributed by atoms with E-state index in [1.54, 1.807) is 18.3 Å². The number of halogens is 3. The molecule has 3 atom stereocenters. The highest BCUT2D eigenvalue weighted by Gasteiger charge is 2.60. The molecule has 0 radical (unpaired) electrons. The molecule has 3 N–H and O–H groups in total. The number of ether oxygens (including phenoxy) is 1. The number of carbonyl (C=O) groups is 2. The van der Waals surface area contributed by atoms with E-state index in [4.69, 9.17) is 10.5 Å². The number of hydrogen-bond acceptors (Lipinski definition) is 6. The largest absolute Gasteiger partial charge is 0.468 e. The van der Waals surface area contributed by atoms with Gasteiger partial charge >= 0.3 is 12.1 Å². The lowest BCUT2D eigenvalue weighted by Crippen LogP contribution is -2.42. The third kappa shape index (κ3) is 4.42. The van der Waals surface area contributed by atoms with Crippen LogP contribution in [0.5, 0.6) is 0 Å². The molecule has 2 aromatic rings. The molecule has 180 valence electrons. The van der Waals surface area contributed by atoms with Crippen molar-refractivity contribution in [3.63, 3.8) is 0 Å². The first-order chi connectivity index (χ1) is 15.5. The summed E-state index contributed by atoms with van der Waals surface area (Å²) in [4.78, 5) is 29.6. The minimum atomic E-state index is -4.67. The van der Waals surface area contributed by atoms with Crippen LogP contribution in [0.2, 0.25) is 0 Å².